The fourth-order valence-electron chi connectivity index (χ4n) is 2.31. The number of amides is 1. The van der Waals surface area contributed by atoms with Crippen LogP contribution >= 0.6 is 23.2 Å². The summed E-state index contributed by atoms with van der Waals surface area (Å²) in [6, 6.07) is 11.3. The molecule has 0 aliphatic carbocycles. The first-order chi connectivity index (χ1) is 12.0. The lowest BCUT2D eigenvalue weighted by molar-refractivity contribution is 0.0923. The van der Waals surface area contributed by atoms with E-state index in [1.165, 1.54) is 12.1 Å². The number of hydrogen-bond donors (Lipinski definition) is 1. The molecule has 128 valence electrons. The van der Waals surface area contributed by atoms with Gasteiger partial charge in [0, 0.05) is 17.6 Å². The van der Waals surface area contributed by atoms with Crippen LogP contribution in [0.15, 0.2) is 51.7 Å². The lowest BCUT2D eigenvalue weighted by Gasteiger charge is -2.07. The first-order valence-corrected chi connectivity index (χ1v) is 8.07. The second kappa shape index (κ2) is 7.17. The van der Waals surface area contributed by atoms with Crippen LogP contribution in [0.25, 0.3) is 11.0 Å². The van der Waals surface area contributed by atoms with Crippen molar-refractivity contribution >= 4 is 40.1 Å². The molecule has 1 amide bonds. The molecule has 0 aliphatic heterocycles. The van der Waals surface area contributed by atoms with Crippen molar-refractivity contribution in [2.75, 3.05) is 7.11 Å². The van der Waals surface area contributed by atoms with Gasteiger partial charge in [-0.05, 0) is 29.8 Å². The van der Waals surface area contributed by atoms with E-state index in [2.05, 4.69) is 5.32 Å². The van der Waals surface area contributed by atoms with E-state index >= 15 is 0 Å². The highest BCUT2D eigenvalue weighted by atomic mass is 35.5. The van der Waals surface area contributed by atoms with Crippen LogP contribution in [0.5, 0.6) is 5.75 Å². The molecule has 1 N–H and O–H groups in total. The van der Waals surface area contributed by atoms with E-state index in [4.69, 9.17) is 32.4 Å². The molecular weight excluding hydrogens is 365 g/mol. The van der Waals surface area contributed by atoms with Gasteiger partial charge in [0.25, 0.3) is 5.91 Å². The number of nitrogens with one attached hydrogen (secondary N) is 1. The Kier molecular flexibility index (Phi) is 4.97. The zero-order valence-electron chi connectivity index (χ0n) is 13.1. The molecule has 0 fully saturated rings. The average Bonchev–Trinajstić information content (AvgIpc) is 2.60. The quantitative estimate of drug-likeness (QED) is 0.744. The third kappa shape index (κ3) is 3.78. The summed E-state index contributed by atoms with van der Waals surface area (Å²) in [5, 5.41) is 3.41. The highest BCUT2D eigenvalue weighted by Gasteiger charge is 2.14. The van der Waals surface area contributed by atoms with Crippen molar-refractivity contribution in [1.82, 2.24) is 5.32 Å². The Bertz CT molecular complexity index is 996. The second-order valence-electron chi connectivity index (χ2n) is 5.27. The third-order valence-electron chi connectivity index (χ3n) is 3.58. The van der Waals surface area contributed by atoms with Gasteiger partial charge in [0.1, 0.15) is 5.75 Å². The number of fused-ring (bicyclic) bond motifs is 1. The topological polar surface area (TPSA) is 68.5 Å². The van der Waals surface area contributed by atoms with Crippen LogP contribution in [0.1, 0.15) is 16.1 Å². The van der Waals surface area contributed by atoms with Crippen molar-refractivity contribution in [2.24, 2.45) is 0 Å². The van der Waals surface area contributed by atoms with E-state index in [1.54, 1.807) is 19.2 Å². The number of rotatable bonds is 4. The summed E-state index contributed by atoms with van der Waals surface area (Å²) < 4.78 is 10.6. The van der Waals surface area contributed by atoms with Gasteiger partial charge in [0.15, 0.2) is 16.8 Å². The van der Waals surface area contributed by atoms with Gasteiger partial charge in [0.2, 0.25) is 0 Å². The summed E-state index contributed by atoms with van der Waals surface area (Å²) in [6.07, 6.45) is 0. The van der Waals surface area contributed by atoms with E-state index in [0.717, 1.165) is 17.4 Å². The van der Waals surface area contributed by atoms with Crippen molar-refractivity contribution in [3.05, 3.63) is 74.1 Å². The van der Waals surface area contributed by atoms with Crippen molar-refractivity contribution in [2.45, 2.75) is 6.54 Å². The number of ether oxygens (including phenoxy) is 1. The SMILES string of the molecule is COc1ccc(CNC(=O)c2cc(=O)c3cc(Cl)cc(Cl)c3o2)cc1. The van der Waals surface area contributed by atoms with Crippen molar-refractivity contribution in [1.29, 1.82) is 0 Å². The van der Waals surface area contributed by atoms with Crippen LogP contribution in [0, 0.1) is 0 Å². The van der Waals surface area contributed by atoms with E-state index in [-0.39, 0.29) is 33.7 Å². The fraction of sp³-hybridized carbons (Fsp3) is 0.111. The largest absolute Gasteiger partial charge is 0.497 e. The van der Waals surface area contributed by atoms with Gasteiger partial charge >= 0.3 is 0 Å². The van der Waals surface area contributed by atoms with Gasteiger partial charge < -0.3 is 14.5 Å². The zero-order chi connectivity index (χ0) is 18.0. The van der Waals surface area contributed by atoms with E-state index in [9.17, 15) is 9.59 Å². The molecular formula is C18H13Cl2NO4. The van der Waals surface area contributed by atoms with Gasteiger partial charge in [-0.2, -0.15) is 0 Å². The van der Waals surface area contributed by atoms with Gasteiger partial charge in [-0.25, -0.2) is 0 Å². The van der Waals surface area contributed by atoms with E-state index < -0.39 is 5.91 Å². The predicted molar refractivity (Wildman–Crippen MR) is 96.7 cm³/mol. The molecule has 3 aromatic rings. The second-order valence-corrected chi connectivity index (χ2v) is 6.11. The standard InChI is InChI=1S/C18H13Cl2NO4/c1-24-12-4-2-10(3-5-12)9-21-18(23)16-8-15(22)13-6-11(19)7-14(20)17(13)25-16/h2-8H,9H2,1H3,(H,21,23). The summed E-state index contributed by atoms with van der Waals surface area (Å²) in [7, 11) is 1.58. The fourth-order valence-corrected chi connectivity index (χ4v) is 2.84. The molecule has 0 radical (unpaired) electrons. The maximum absolute atomic E-state index is 12.3. The van der Waals surface area contributed by atoms with Gasteiger partial charge in [-0.3, -0.25) is 9.59 Å². The molecule has 0 saturated heterocycles. The third-order valence-corrected chi connectivity index (χ3v) is 4.08. The Morgan fingerprint density at radius 1 is 1.16 bits per heavy atom. The summed E-state index contributed by atoms with van der Waals surface area (Å²) in [4.78, 5) is 24.5. The van der Waals surface area contributed by atoms with E-state index in [1.807, 2.05) is 12.1 Å². The summed E-state index contributed by atoms with van der Waals surface area (Å²) in [5.74, 6) is 0.0972. The first kappa shape index (κ1) is 17.3. The molecule has 7 heteroatoms. The van der Waals surface area contributed by atoms with Crippen LogP contribution in [0.3, 0.4) is 0 Å². The molecule has 0 spiro atoms. The Balaban J connectivity index is 1.83. The molecule has 0 bridgehead atoms. The van der Waals surface area contributed by atoms with Gasteiger partial charge in [-0.1, -0.05) is 35.3 Å². The Morgan fingerprint density at radius 2 is 1.88 bits per heavy atom. The molecule has 2 aromatic carbocycles. The Hall–Kier alpha value is -2.50. The molecule has 1 heterocycles. The molecule has 3 rings (SSSR count). The smallest absolute Gasteiger partial charge is 0.287 e. The summed E-state index contributed by atoms with van der Waals surface area (Å²) in [6.45, 7) is 0.277. The monoisotopic (exact) mass is 377 g/mol. The number of carbonyl (C=O) groups is 1. The Labute approximate surface area is 153 Å². The predicted octanol–water partition coefficient (Wildman–Crippen LogP) is 4.04. The molecule has 5 nitrogen and oxygen atoms in total. The number of methoxy groups -OCH3 is 1. The highest BCUT2D eigenvalue weighted by Crippen LogP contribution is 2.26. The van der Waals surface area contributed by atoms with Crippen molar-refractivity contribution < 1.29 is 13.9 Å². The van der Waals surface area contributed by atoms with Crippen molar-refractivity contribution in [3.63, 3.8) is 0 Å². The lowest BCUT2D eigenvalue weighted by atomic mass is 10.2. The number of benzene rings is 2. The van der Waals surface area contributed by atoms with Gasteiger partial charge in [0.05, 0.1) is 17.5 Å². The minimum atomic E-state index is -0.513. The molecule has 25 heavy (non-hydrogen) atoms. The van der Waals surface area contributed by atoms with Gasteiger partial charge in [-0.15, -0.1) is 0 Å². The molecule has 0 saturated carbocycles. The lowest BCUT2D eigenvalue weighted by Crippen LogP contribution is -2.24. The zero-order valence-corrected chi connectivity index (χ0v) is 14.6. The Morgan fingerprint density at radius 3 is 2.56 bits per heavy atom. The molecule has 1 aromatic heterocycles. The highest BCUT2D eigenvalue weighted by molar-refractivity contribution is 6.38. The van der Waals surface area contributed by atoms with Crippen molar-refractivity contribution in [3.8, 4) is 5.75 Å². The minimum Gasteiger partial charge on any atom is -0.497 e. The number of carbonyl (C=O) groups excluding carboxylic acids is 1. The van der Waals surface area contributed by atoms with Crippen LogP contribution in [0.2, 0.25) is 10.0 Å². The maximum Gasteiger partial charge on any atom is 0.287 e. The molecule has 0 atom stereocenters. The van der Waals surface area contributed by atoms with Crippen LogP contribution in [-0.4, -0.2) is 13.0 Å². The van der Waals surface area contributed by atoms with Crippen LogP contribution in [-0.2, 0) is 6.54 Å². The molecule has 0 unspecified atom stereocenters. The number of hydrogen-bond acceptors (Lipinski definition) is 4. The van der Waals surface area contributed by atoms with Crippen LogP contribution in [0.4, 0.5) is 0 Å². The minimum absolute atomic E-state index is 0.116. The normalized spacial score (nSPS) is 10.7. The molecule has 0 aliphatic rings. The van der Waals surface area contributed by atoms with E-state index in [0.29, 0.717) is 5.02 Å². The average molecular weight is 378 g/mol. The summed E-state index contributed by atoms with van der Waals surface area (Å²) >= 11 is 11.9. The maximum atomic E-state index is 12.3. The summed E-state index contributed by atoms with van der Waals surface area (Å²) in [5.41, 5.74) is 0.621. The van der Waals surface area contributed by atoms with Crippen LogP contribution < -0.4 is 15.5 Å². The number of halogens is 2. The first-order valence-electron chi connectivity index (χ1n) is 7.32.